The normalized spacial score (nSPS) is 10.4. The molecular formula is C28H24CuN2O2. The number of aliphatic imine (C=N–C) groups is 2. The second kappa shape index (κ2) is 14.4. The monoisotopic (exact) mass is 483 g/mol. The minimum Gasteiger partial charge on any atom is -0.872 e. The molecular weight excluding hydrogens is 460 g/mol. The number of rotatable bonds is 6. The Bertz CT molecular complexity index is 1050. The van der Waals surface area contributed by atoms with E-state index in [4.69, 9.17) is 0 Å². The van der Waals surface area contributed by atoms with Crippen LogP contribution in [0, 0.1) is 0 Å². The Morgan fingerprint density at radius 2 is 0.818 bits per heavy atom. The zero-order valence-electron chi connectivity index (χ0n) is 18.0. The summed E-state index contributed by atoms with van der Waals surface area (Å²) in [7, 11) is 0. The molecule has 0 atom stereocenters. The van der Waals surface area contributed by atoms with Crippen LogP contribution in [-0.4, -0.2) is 12.4 Å². The van der Waals surface area contributed by atoms with E-state index in [1.807, 2.05) is 72.8 Å². The molecule has 4 aromatic carbocycles. The topological polar surface area (TPSA) is 70.8 Å². The third-order valence-corrected chi connectivity index (χ3v) is 4.53. The largest absolute Gasteiger partial charge is 2.00 e. The number of hydrogen-bond acceptors (Lipinski definition) is 4. The summed E-state index contributed by atoms with van der Waals surface area (Å²) in [6.45, 7) is 1.21. The summed E-state index contributed by atoms with van der Waals surface area (Å²) in [5, 5.41) is 22.7. The molecule has 0 spiro atoms. The zero-order chi connectivity index (χ0) is 22.4. The van der Waals surface area contributed by atoms with Gasteiger partial charge in [-0.05, 0) is 22.3 Å². The molecule has 4 nitrogen and oxygen atoms in total. The average molecular weight is 484 g/mol. The molecule has 0 bridgehead atoms. The second-order valence-electron chi connectivity index (χ2n) is 6.99. The predicted molar refractivity (Wildman–Crippen MR) is 127 cm³/mol. The fraction of sp³-hybridized carbons (Fsp3) is 0.0714. The van der Waals surface area contributed by atoms with E-state index >= 15 is 0 Å². The Hall–Kier alpha value is -3.66. The molecule has 0 aromatic heterocycles. The first-order valence-corrected chi connectivity index (χ1v) is 10.3. The molecule has 0 unspecified atom stereocenters. The smallest absolute Gasteiger partial charge is 0.872 e. The van der Waals surface area contributed by atoms with E-state index in [-0.39, 0.29) is 28.6 Å². The molecule has 0 N–H and O–H groups in total. The first-order chi connectivity index (χ1) is 15.7. The van der Waals surface area contributed by atoms with Gasteiger partial charge < -0.3 is 10.2 Å². The summed E-state index contributed by atoms with van der Waals surface area (Å²) in [6, 6.07) is 33.7. The molecule has 169 valence electrons. The Morgan fingerprint density at radius 1 is 0.485 bits per heavy atom. The SMILES string of the molecule is [Cu+2].[O-]c1ccccc1C=NCc1ccccc1.[O-]c1ccccc1C=NCc1ccccc1. The zero-order valence-corrected chi connectivity index (χ0v) is 18.9. The summed E-state index contributed by atoms with van der Waals surface area (Å²) in [6.07, 6.45) is 3.27. The van der Waals surface area contributed by atoms with Gasteiger partial charge in [0.2, 0.25) is 0 Å². The molecule has 4 aromatic rings. The van der Waals surface area contributed by atoms with Gasteiger partial charge in [-0.3, -0.25) is 9.98 Å². The molecule has 0 saturated heterocycles. The van der Waals surface area contributed by atoms with Crippen molar-refractivity contribution in [3.05, 3.63) is 131 Å². The second-order valence-corrected chi connectivity index (χ2v) is 6.99. The molecule has 0 amide bonds. The van der Waals surface area contributed by atoms with Crippen molar-refractivity contribution in [3.8, 4) is 11.5 Å². The van der Waals surface area contributed by atoms with E-state index in [2.05, 4.69) is 9.98 Å². The van der Waals surface area contributed by atoms with Crippen molar-refractivity contribution >= 4 is 12.4 Å². The molecule has 1 radical (unpaired) electrons. The van der Waals surface area contributed by atoms with Gasteiger partial charge >= 0.3 is 17.1 Å². The summed E-state index contributed by atoms with van der Waals surface area (Å²) in [4.78, 5) is 8.50. The van der Waals surface area contributed by atoms with Crippen molar-refractivity contribution in [2.75, 3.05) is 0 Å². The van der Waals surface area contributed by atoms with Gasteiger partial charge in [-0.2, -0.15) is 0 Å². The summed E-state index contributed by atoms with van der Waals surface area (Å²) < 4.78 is 0. The third-order valence-electron chi connectivity index (χ3n) is 4.53. The van der Waals surface area contributed by atoms with Gasteiger partial charge in [0.15, 0.2) is 0 Å². The average Bonchev–Trinajstić information content (AvgIpc) is 2.83. The Labute approximate surface area is 205 Å². The van der Waals surface area contributed by atoms with Gasteiger partial charge in [0.25, 0.3) is 0 Å². The van der Waals surface area contributed by atoms with Crippen molar-refractivity contribution < 1.29 is 27.3 Å². The van der Waals surface area contributed by atoms with Gasteiger partial charge in [0, 0.05) is 12.4 Å². The van der Waals surface area contributed by atoms with E-state index in [9.17, 15) is 10.2 Å². The maximum atomic E-state index is 11.4. The van der Waals surface area contributed by atoms with Crippen molar-refractivity contribution in [1.29, 1.82) is 0 Å². The van der Waals surface area contributed by atoms with Gasteiger partial charge in [-0.25, -0.2) is 0 Å². The van der Waals surface area contributed by atoms with Crippen LogP contribution in [0.2, 0.25) is 0 Å². The van der Waals surface area contributed by atoms with Crippen molar-refractivity contribution in [2.45, 2.75) is 13.1 Å². The first-order valence-electron chi connectivity index (χ1n) is 10.3. The molecule has 0 aliphatic carbocycles. The van der Waals surface area contributed by atoms with E-state index < -0.39 is 0 Å². The predicted octanol–water partition coefficient (Wildman–Crippen LogP) is 4.76. The number of hydrogen-bond donors (Lipinski definition) is 0. The van der Waals surface area contributed by atoms with Crippen LogP contribution in [0.15, 0.2) is 119 Å². The van der Waals surface area contributed by atoms with Crippen LogP contribution >= 0.6 is 0 Å². The first kappa shape index (κ1) is 25.6. The Kier molecular flexibility index (Phi) is 11.2. The number of para-hydroxylation sites is 2. The van der Waals surface area contributed by atoms with E-state index in [1.54, 1.807) is 48.8 Å². The minimum atomic E-state index is 0. The molecule has 0 saturated carbocycles. The fourth-order valence-electron chi connectivity index (χ4n) is 2.84. The molecule has 5 heteroatoms. The van der Waals surface area contributed by atoms with Crippen LogP contribution in [0.25, 0.3) is 0 Å². The number of benzene rings is 4. The summed E-state index contributed by atoms with van der Waals surface area (Å²) in [5.74, 6) is 0.0265. The fourth-order valence-corrected chi connectivity index (χ4v) is 2.84. The van der Waals surface area contributed by atoms with Gasteiger partial charge in [-0.15, -0.1) is 11.5 Å². The van der Waals surface area contributed by atoms with Crippen molar-refractivity contribution in [3.63, 3.8) is 0 Å². The van der Waals surface area contributed by atoms with Crippen LogP contribution in [-0.2, 0) is 30.2 Å². The van der Waals surface area contributed by atoms with E-state index in [1.165, 1.54) is 0 Å². The maximum absolute atomic E-state index is 11.4. The Morgan fingerprint density at radius 3 is 1.18 bits per heavy atom. The molecule has 0 aliphatic heterocycles. The molecule has 0 fully saturated rings. The van der Waals surface area contributed by atoms with Crippen LogP contribution in [0.3, 0.4) is 0 Å². The molecule has 33 heavy (non-hydrogen) atoms. The Balaban J connectivity index is 0.000000227. The van der Waals surface area contributed by atoms with Crippen LogP contribution in [0.1, 0.15) is 22.3 Å². The minimum absolute atomic E-state index is 0. The van der Waals surface area contributed by atoms with Gasteiger partial charge in [0.1, 0.15) is 0 Å². The number of nitrogens with zero attached hydrogens (tertiary/aromatic N) is 2. The van der Waals surface area contributed by atoms with Gasteiger partial charge in [0.05, 0.1) is 13.1 Å². The summed E-state index contributed by atoms with van der Waals surface area (Å²) in [5.41, 5.74) is 3.56. The standard InChI is InChI=1S/2C14H13NO.Cu/c2*16-14-9-5-4-8-13(14)11-15-10-12-6-2-1-3-7-12;/h2*1-9,11,16H,10H2;/q;;+2/p-2. The van der Waals surface area contributed by atoms with Crippen LogP contribution in [0.5, 0.6) is 11.5 Å². The third kappa shape index (κ3) is 9.16. The maximum Gasteiger partial charge on any atom is 2.00 e. The van der Waals surface area contributed by atoms with E-state index in [0.717, 1.165) is 11.1 Å². The van der Waals surface area contributed by atoms with Crippen molar-refractivity contribution in [2.24, 2.45) is 9.98 Å². The molecule has 4 rings (SSSR count). The van der Waals surface area contributed by atoms with Crippen LogP contribution < -0.4 is 10.2 Å². The van der Waals surface area contributed by atoms with E-state index in [0.29, 0.717) is 24.2 Å². The quantitative estimate of drug-likeness (QED) is 0.293. The van der Waals surface area contributed by atoms with Crippen molar-refractivity contribution in [1.82, 2.24) is 0 Å². The molecule has 0 aliphatic rings. The molecule has 0 heterocycles. The summed E-state index contributed by atoms with van der Waals surface area (Å²) >= 11 is 0. The van der Waals surface area contributed by atoms with Gasteiger partial charge in [-0.1, -0.05) is 109 Å². The van der Waals surface area contributed by atoms with Crippen LogP contribution in [0.4, 0.5) is 0 Å².